The zero-order valence-corrected chi connectivity index (χ0v) is 10.9. The van der Waals surface area contributed by atoms with Gasteiger partial charge in [-0.15, -0.1) is 0 Å². The van der Waals surface area contributed by atoms with Crippen LogP contribution in [0, 0.1) is 0 Å². The smallest absolute Gasteiger partial charge is 0.345 e. The minimum absolute atomic E-state index is 0.205. The monoisotopic (exact) mass is 248 g/mol. The van der Waals surface area contributed by atoms with E-state index in [-0.39, 0.29) is 13.0 Å². The molecular weight excluding hydrogens is 226 g/mol. The van der Waals surface area contributed by atoms with E-state index in [0.29, 0.717) is 6.61 Å². The Kier molecular flexibility index (Phi) is 6.75. The summed E-state index contributed by atoms with van der Waals surface area (Å²) in [5, 5.41) is 8.68. The van der Waals surface area contributed by atoms with Crippen molar-refractivity contribution in [2.75, 3.05) is 40.9 Å². The molecule has 0 fully saturated rings. The Morgan fingerprint density at radius 3 is 2.29 bits per heavy atom. The van der Waals surface area contributed by atoms with Crippen LogP contribution in [0.3, 0.4) is 0 Å². The molecule has 0 rings (SSSR count). The molecule has 0 saturated heterocycles. The second-order valence-corrected chi connectivity index (χ2v) is 4.79. The summed E-state index contributed by atoms with van der Waals surface area (Å²) >= 11 is 0. The molecule has 1 N–H and O–H groups in total. The molecule has 0 aromatic carbocycles. The van der Waals surface area contributed by atoms with Crippen LogP contribution < -0.4 is 0 Å². The highest BCUT2D eigenvalue weighted by Gasteiger charge is 2.19. The zero-order valence-electron chi connectivity index (χ0n) is 10.9. The predicted molar refractivity (Wildman–Crippen MR) is 61.5 cm³/mol. The molecule has 100 valence electrons. The van der Waals surface area contributed by atoms with E-state index >= 15 is 0 Å². The molecule has 0 aliphatic heterocycles. The number of carboxylic acid groups (broad SMARTS) is 1. The van der Waals surface area contributed by atoms with Gasteiger partial charge in [0.25, 0.3) is 0 Å². The molecule has 0 aliphatic carbocycles. The van der Waals surface area contributed by atoms with E-state index in [1.807, 2.05) is 21.1 Å². The number of rotatable bonds is 8. The van der Waals surface area contributed by atoms with E-state index in [1.54, 1.807) is 6.92 Å². The Morgan fingerprint density at radius 1 is 1.29 bits per heavy atom. The molecule has 6 heteroatoms. The van der Waals surface area contributed by atoms with Gasteiger partial charge in [0.2, 0.25) is 0 Å². The fourth-order valence-electron chi connectivity index (χ4n) is 0.995. The van der Waals surface area contributed by atoms with Crippen LogP contribution in [0.15, 0.2) is 0 Å². The first-order chi connectivity index (χ1) is 7.76. The molecule has 0 saturated carbocycles. The number of aliphatic carboxylic acids is 1. The molecule has 0 heterocycles. The number of likely N-dealkylation sites (N-methyl/N-ethyl adjacent to an activating group) is 1. The topological polar surface area (TPSA) is 72.8 Å². The number of hydrogen-bond donors (Lipinski definition) is 1. The number of quaternary nitrogens is 1. The molecule has 0 bridgehead atoms. The van der Waals surface area contributed by atoms with Crippen LogP contribution in [0.4, 0.5) is 0 Å². The second-order valence-electron chi connectivity index (χ2n) is 4.79. The summed E-state index contributed by atoms with van der Waals surface area (Å²) in [6, 6.07) is 0. The molecule has 17 heavy (non-hydrogen) atoms. The third-order valence-corrected chi connectivity index (χ3v) is 2.05. The van der Waals surface area contributed by atoms with Gasteiger partial charge in [0.15, 0.2) is 6.10 Å². The van der Waals surface area contributed by atoms with Gasteiger partial charge in [0.05, 0.1) is 27.7 Å². The zero-order chi connectivity index (χ0) is 13.5. The molecule has 1 unspecified atom stereocenters. The Labute approximate surface area is 102 Å². The second kappa shape index (κ2) is 7.24. The lowest BCUT2D eigenvalue weighted by atomic mass is 10.3. The van der Waals surface area contributed by atoms with Crippen molar-refractivity contribution < 1.29 is 28.7 Å². The number of ether oxygens (including phenoxy) is 2. The van der Waals surface area contributed by atoms with Gasteiger partial charge in [0, 0.05) is 0 Å². The summed E-state index contributed by atoms with van der Waals surface area (Å²) in [5.41, 5.74) is 0. The highest BCUT2D eigenvalue weighted by atomic mass is 16.6. The minimum atomic E-state index is -1.13. The number of nitrogens with zero attached hydrogens (tertiary/aromatic N) is 1. The van der Waals surface area contributed by atoms with Crippen LogP contribution in [0.5, 0.6) is 0 Å². The lowest BCUT2D eigenvalue weighted by molar-refractivity contribution is -0.870. The van der Waals surface area contributed by atoms with Crippen molar-refractivity contribution in [1.82, 2.24) is 0 Å². The first-order valence-corrected chi connectivity index (χ1v) is 5.56. The average Bonchev–Trinajstić information content (AvgIpc) is 2.19. The average molecular weight is 248 g/mol. The summed E-state index contributed by atoms with van der Waals surface area (Å²) in [7, 11) is 6.04. The summed E-state index contributed by atoms with van der Waals surface area (Å²) in [4.78, 5) is 21.8. The van der Waals surface area contributed by atoms with Gasteiger partial charge in [-0.3, -0.25) is 0 Å². The maximum Gasteiger partial charge on any atom is 0.345 e. The summed E-state index contributed by atoms with van der Waals surface area (Å²) < 4.78 is 10.6. The van der Waals surface area contributed by atoms with Crippen LogP contribution in [0.2, 0.25) is 0 Å². The first-order valence-electron chi connectivity index (χ1n) is 5.56. The van der Waals surface area contributed by atoms with Gasteiger partial charge < -0.3 is 19.1 Å². The Morgan fingerprint density at radius 2 is 1.88 bits per heavy atom. The largest absolute Gasteiger partial charge is 0.479 e. The van der Waals surface area contributed by atoms with E-state index in [1.165, 1.54) is 0 Å². The molecule has 0 aromatic rings. The Bertz CT molecular complexity index is 259. The molecule has 0 radical (unpaired) electrons. The van der Waals surface area contributed by atoms with Gasteiger partial charge in [-0.05, 0) is 6.42 Å². The van der Waals surface area contributed by atoms with Crippen LogP contribution in [-0.2, 0) is 19.1 Å². The van der Waals surface area contributed by atoms with Gasteiger partial charge in [0.1, 0.15) is 13.2 Å². The minimum Gasteiger partial charge on any atom is -0.479 e. The quantitative estimate of drug-likeness (QED) is 0.375. The van der Waals surface area contributed by atoms with E-state index in [0.717, 1.165) is 11.0 Å². The number of hydrogen-bond acceptors (Lipinski definition) is 4. The maximum atomic E-state index is 11.2. The lowest BCUT2D eigenvalue weighted by Crippen LogP contribution is -2.38. The van der Waals surface area contributed by atoms with Crippen molar-refractivity contribution >= 4 is 11.9 Å². The van der Waals surface area contributed by atoms with Crippen molar-refractivity contribution in [3.8, 4) is 0 Å². The van der Waals surface area contributed by atoms with E-state index in [2.05, 4.69) is 0 Å². The van der Waals surface area contributed by atoms with Gasteiger partial charge in [-0.1, -0.05) is 6.92 Å². The van der Waals surface area contributed by atoms with Gasteiger partial charge in [-0.2, -0.15) is 0 Å². The number of carbonyl (C=O) groups excluding carboxylic acids is 1. The standard InChI is InChI=1S/C11H21NO5/c1-5-9(11(14)15)17-10(13)8-16-7-6-12(2,3)4/h9H,5-8H2,1-4H3/p+1. The van der Waals surface area contributed by atoms with Crippen molar-refractivity contribution in [3.63, 3.8) is 0 Å². The number of esters is 1. The third kappa shape index (κ3) is 8.65. The van der Waals surface area contributed by atoms with Crippen molar-refractivity contribution in [1.29, 1.82) is 0 Å². The molecule has 0 spiro atoms. The lowest BCUT2D eigenvalue weighted by Gasteiger charge is -2.23. The molecule has 0 aromatic heterocycles. The van der Waals surface area contributed by atoms with Crippen LogP contribution in [0.25, 0.3) is 0 Å². The van der Waals surface area contributed by atoms with E-state index in [4.69, 9.17) is 14.6 Å². The molecule has 6 nitrogen and oxygen atoms in total. The van der Waals surface area contributed by atoms with Crippen LogP contribution >= 0.6 is 0 Å². The highest BCUT2D eigenvalue weighted by Crippen LogP contribution is 1.99. The molecule has 0 aliphatic rings. The van der Waals surface area contributed by atoms with E-state index in [9.17, 15) is 9.59 Å². The first kappa shape index (κ1) is 15.9. The molecule has 1 atom stereocenters. The van der Waals surface area contributed by atoms with Crippen LogP contribution in [-0.4, -0.2) is 68.5 Å². The van der Waals surface area contributed by atoms with Gasteiger partial charge >= 0.3 is 11.9 Å². The van der Waals surface area contributed by atoms with Crippen molar-refractivity contribution in [2.24, 2.45) is 0 Å². The summed E-state index contributed by atoms with van der Waals surface area (Å²) in [5.74, 6) is -1.77. The number of carbonyl (C=O) groups is 2. The van der Waals surface area contributed by atoms with Crippen molar-refractivity contribution in [3.05, 3.63) is 0 Å². The SMILES string of the molecule is CCC(OC(=O)COCC[N+](C)(C)C)C(=O)O. The normalized spacial score (nSPS) is 13.2. The fourth-order valence-corrected chi connectivity index (χ4v) is 0.995. The van der Waals surface area contributed by atoms with E-state index < -0.39 is 18.0 Å². The molecular formula is C11H22NO5+. The predicted octanol–water partition coefficient (Wildman–Crippen LogP) is 0.116. The fraction of sp³-hybridized carbons (Fsp3) is 0.818. The number of carboxylic acids is 1. The van der Waals surface area contributed by atoms with Crippen LogP contribution in [0.1, 0.15) is 13.3 Å². The highest BCUT2D eigenvalue weighted by molar-refractivity contribution is 5.78. The summed E-state index contributed by atoms with van der Waals surface area (Å²) in [6.45, 7) is 2.64. The van der Waals surface area contributed by atoms with Gasteiger partial charge in [-0.25, -0.2) is 9.59 Å². The third-order valence-electron chi connectivity index (χ3n) is 2.05. The Balaban J connectivity index is 3.77. The Hall–Kier alpha value is -1.14. The summed E-state index contributed by atoms with van der Waals surface area (Å²) in [6.07, 6.45) is -0.829. The molecule has 0 amide bonds. The van der Waals surface area contributed by atoms with Crippen molar-refractivity contribution in [2.45, 2.75) is 19.4 Å². The maximum absolute atomic E-state index is 11.2.